The summed E-state index contributed by atoms with van der Waals surface area (Å²) in [5, 5.41) is 3.19. The zero-order valence-electron chi connectivity index (χ0n) is 21.0. The molecule has 0 radical (unpaired) electrons. The molecule has 0 aromatic heterocycles. The van der Waals surface area contributed by atoms with E-state index in [0.29, 0.717) is 39.6 Å². The van der Waals surface area contributed by atoms with Crippen LogP contribution in [0.4, 0.5) is 0 Å². The highest BCUT2D eigenvalue weighted by molar-refractivity contribution is 4.50. The van der Waals surface area contributed by atoms with E-state index in [1.807, 2.05) is 0 Å². The number of ether oxygens (including phenoxy) is 3. The fraction of sp³-hybridized carbons (Fsp3) is 1.00. The van der Waals surface area contributed by atoms with Gasteiger partial charge in [0, 0.05) is 26.2 Å². The molecule has 0 amide bonds. The Morgan fingerprint density at radius 2 is 0.839 bits per heavy atom. The number of nitrogens with two attached hydrogens (primary N) is 1. The Hall–Kier alpha value is -0.200. The van der Waals surface area contributed by atoms with Crippen molar-refractivity contribution in [2.45, 2.75) is 110 Å². The molecule has 0 heterocycles. The van der Waals surface area contributed by atoms with Crippen molar-refractivity contribution in [2.75, 3.05) is 59.3 Å². The number of nitrogens with one attached hydrogen (secondary N) is 1. The first kappa shape index (κ1) is 30.8. The lowest BCUT2D eigenvalue weighted by molar-refractivity contribution is 0.0145. The molecule has 3 N–H and O–H groups in total. The van der Waals surface area contributed by atoms with Gasteiger partial charge in [-0.3, -0.25) is 0 Å². The normalized spacial score (nSPS) is 11.4. The molecule has 0 saturated carbocycles. The van der Waals surface area contributed by atoms with Gasteiger partial charge in [0.05, 0.1) is 33.0 Å². The number of rotatable bonds is 28. The van der Waals surface area contributed by atoms with E-state index in [1.165, 1.54) is 103 Å². The lowest BCUT2D eigenvalue weighted by atomic mass is 10.0. The van der Waals surface area contributed by atoms with E-state index in [1.54, 1.807) is 0 Å². The monoisotopic (exact) mass is 444 g/mol. The lowest BCUT2D eigenvalue weighted by Gasteiger charge is -2.07. The summed E-state index contributed by atoms with van der Waals surface area (Å²) in [6, 6.07) is 0. The summed E-state index contributed by atoms with van der Waals surface area (Å²) in [5.41, 5.74) is 5.40. The van der Waals surface area contributed by atoms with E-state index < -0.39 is 0 Å². The van der Waals surface area contributed by atoms with Crippen LogP contribution < -0.4 is 11.1 Å². The quantitative estimate of drug-likeness (QED) is 0.148. The van der Waals surface area contributed by atoms with Crippen LogP contribution in [-0.4, -0.2) is 59.3 Å². The summed E-state index contributed by atoms with van der Waals surface area (Å²) in [6.07, 6.45) is 22.5. The van der Waals surface area contributed by atoms with Gasteiger partial charge >= 0.3 is 0 Å². The van der Waals surface area contributed by atoms with Crippen molar-refractivity contribution in [3.8, 4) is 0 Å². The molecule has 188 valence electrons. The fourth-order valence-electron chi connectivity index (χ4n) is 3.67. The van der Waals surface area contributed by atoms with Crippen molar-refractivity contribution in [2.24, 2.45) is 5.73 Å². The first-order valence-electron chi connectivity index (χ1n) is 13.6. The van der Waals surface area contributed by atoms with Crippen LogP contribution >= 0.6 is 0 Å². The Kier molecular flexibility index (Phi) is 29.6. The number of hydrogen-bond donors (Lipinski definition) is 2. The van der Waals surface area contributed by atoms with Gasteiger partial charge in [-0.15, -0.1) is 0 Å². The van der Waals surface area contributed by atoms with Crippen LogP contribution in [0.3, 0.4) is 0 Å². The topological polar surface area (TPSA) is 65.7 Å². The van der Waals surface area contributed by atoms with Gasteiger partial charge in [0.15, 0.2) is 0 Å². The average molecular weight is 445 g/mol. The third-order valence-corrected chi connectivity index (χ3v) is 5.63. The van der Waals surface area contributed by atoms with Crippen LogP contribution in [0.5, 0.6) is 0 Å². The zero-order valence-corrected chi connectivity index (χ0v) is 21.0. The molecule has 0 spiro atoms. The Morgan fingerprint density at radius 1 is 0.452 bits per heavy atom. The molecule has 31 heavy (non-hydrogen) atoms. The Bertz CT molecular complexity index is 278. The molecule has 0 saturated heterocycles. The maximum atomic E-state index is 5.64. The van der Waals surface area contributed by atoms with E-state index in [9.17, 15) is 0 Å². The van der Waals surface area contributed by atoms with Gasteiger partial charge in [0.2, 0.25) is 0 Å². The second-order valence-electron chi connectivity index (χ2n) is 8.68. The third kappa shape index (κ3) is 29.8. The summed E-state index contributed by atoms with van der Waals surface area (Å²) in [4.78, 5) is 0. The van der Waals surface area contributed by atoms with Crippen molar-refractivity contribution in [3.05, 3.63) is 0 Å². The molecule has 0 aromatic rings. The highest BCUT2D eigenvalue weighted by Gasteiger charge is 1.96. The Morgan fingerprint density at radius 3 is 1.29 bits per heavy atom. The van der Waals surface area contributed by atoms with E-state index in [2.05, 4.69) is 12.2 Å². The molecule has 0 unspecified atom stereocenters. The van der Waals surface area contributed by atoms with Crippen LogP contribution in [0, 0.1) is 0 Å². The third-order valence-electron chi connectivity index (χ3n) is 5.63. The van der Waals surface area contributed by atoms with Gasteiger partial charge in [-0.2, -0.15) is 0 Å². The SMILES string of the molecule is CCCCCCCCCCCCCCCCCCOCCOCCOCCNCCN. The van der Waals surface area contributed by atoms with E-state index in [-0.39, 0.29) is 0 Å². The molecule has 0 atom stereocenters. The van der Waals surface area contributed by atoms with Crippen LogP contribution in [0.1, 0.15) is 110 Å². The molecule has 0 aliphatic carbocycles. The van der Waals surface area contributed by atoms with E-state index in [0.717, 1.165) is 19.7 Å². The second kappa shape index (κ2) is 29.8. The lowest BCUT2D eigenvalue weighted by Crippen LogP contribution is -2.26. The van der Waals surface area contributed by atoms with Crippen molar-refractivity contribution < 1.29 is 14.2 Å². The molecule has 5 heteroatoms. The predicted octanol–water partition coefficient (Wildman–Crippen LogP) is 5.85. The largest absolute Gasteiger partial charge is 0.379 e. The molecule has 5 nitrogen and oxygen atoms in total. The summed E-state index contributed by atoms with van der Waals surface area (Å²) in [7, 11) is 0. The zero-order chi connectivity index (χ0) is 22.5. The second-order valence-corrected chi connectivity index (χ2v) is 8.68. The highest BCUT2D eigenvalue weighted by atomic mass is 16.5. The van der Waals surface area contributed by atoms with E-state index >= 15 is 0 Å². The maximum absolute atomic E-state index is 5.64. The average Bonchev–Trinajstić information content (AvgIpc) is 2.78. The van der Waals surface area contributed by atoms with Gasteiger partial charge in [-0.1, -0.05) is 103 Å². The van der Waals surface area contributed by atoms with Crippen molar-refractivity contribution in [1.29, 1.82) is 0 Å². The van der Waals surface area contributed by atoms with Gasteiger partial charge < -0.3 is 25.3 Å². The highest BCUT2D eigenvalue weighted by Crippen LogP contribution is 2.13. The smallest absolute Gasteiger partial charge is 0.0701 e. The first-order chi connectivity index (χ1) is 15.4. The summed E-state index contributed by atoms with van der Waals surface area (Å²) in [6.45, 7) is 8.86. The van der Waals surface area contributed by atoms with Crippen molar-refractivity contribution in [1.82, 2.24) is 5.32 Å². The predicted molar refractivity (Wildman–Crippen MR) is 134 cm³/mol. The molecule has 0 aliphatic heterocycles. The van der Waals surface area contributed by atoms with Gasteiger partial charge in [-0.05, 0) is 6.42 Å². The molecule has 0 fully saturated rings. The summed E-state index contributed by atoms with van der Waals surface area (Å²) >= 11 is 0. The Balaban J connectivity index is 2.98. The van der Waals surface area contributed by atoms with Crippen LogP contribution in [0.25, 0.3) is 0 Å². The minimum Gasteiger partial charge on any atom is -0.379 e. The fourth-order valence-corrected chi connectivity index (χ4v) is 3.67. The van der Waals surface area contributed by atoms with Gasteiger partial charge in [0.25, 0.3) is 0 Å². The Labute approximate surface area is 194 Å². The van der Waals surface area contributed by atoms with Crippen molar-refractivity contribution in [3.63, 3.8) is 0 Å². The molecule has 0 aliphatic rings. The van der Waals surface area contributed by atoms with Gasteiger partial charge in [-0.25, -0.2) is 0 Å². The molecule has 0 rings (SSSR count). The van der Waals surface area contributed by atoms with Crippen LogP contribution in [0.15, 0.2) is 0 Å². The number of hydrogen-bond acceptors (Lipinski definition) is 5. The van der Waals surface area contributed by atoms with Gasteiger partial charge in [0.1, 0.15) is 0 Å². The summed E-state index contributed by atoms with van der Waals surface area (Å²) in [5.74, 6) is 0. The summed E-state index contributed by atoms with van der Waals surface area (Å²) < 4.78 is 16.6. The standard InChI is InChI=1S/C26H56N2O3/c1-2-3-4-5-6-7-8-9-10-11-12-13-14-15-16-17-21-29-23-25-31-26-24-30-22-20-28-19-18-27/h28H,2-27H2,1H3. The van der Waals surface area contributed by atoms with Crippen LogP contribution in [-0.2, 0) is 14.2 Å². The molecular weight excluding hydrogens is 388 g/mol. The molecule has 0 aromatic carbocycles. The van der Waals surface area contributed by atoms with Crippen LogP contribution in [0.2, 0.25) is 0 Å². The van der Waals surface area contributed by atoms with Crippen molar-refractivity contribution >= 4 is 0 Å². The molecular formula is C26H56N2O3. The molecule has 0 bridgehead atoms. The maximum Gasteiger partial charge on any atom is 0.0701 e. The minimum absolute atomic E-state index is 0.638. The number of unbranched alkanes of at least 4 members (excludes halogenated alkanes) is 15. The van der Waals surface area contributed by atoms with E-state index in [4.69, 9.17) is 19.9 Å². The minimum atomic E-state index is 0.638. The first-order valence-corrected chi connectivity index (χ1v) is 13.6.